The monoisotopic (exact) mass is 466 g/mol. The molecule has 0 radical (unpaired) electrons. The predicted molar refractivity (Wildman–Crippen MR) is 135 cm³/mol. The van der Waals surface area contributed by atoms with Gasteiger partial charge in [-0.1, -0.05) is 31.0 Å². The van der Waals surface area contributed by atoms with E-state index in [9.17, 15) is 9.59 Å². The van der Waals surface area contributed by atoms with Gasteiger partial charge in [0.25, 0.3) is 5.91 Å². The minimum atomic E-state index is -0.321. The second-order valence-corrected chi connectivity index (χ2v) is 10.1. The average Bonchev–Trinajstić information content (AvgIpc) is 3.53. The van der Waals surface area contributed by atoms with Gasteiger partial charge in [0, 0.05) is 51.5 Å². The van der Waals surface area contributed by atoms with Crippen molar-refractivity contribution in [2.45, 2.75) is 50.7 Å². The average molecular weight is 467 g/mol. The summed E-state index contributed by atoms with van der Waals surface area (Å²) in [4.78, 5) is 29.9. The van der Waals surface area contributed by atoms with Crippen LogP contribution < -0.4 is 10.2 Å². The number of aromatic nitrogens is 2. The van der Waals surface area contributed by atoms with Crippen molar-refractivity contribution in [1.29, 1.82) is 0 Å². The van der Waals surface area contributed by atoms with E-state index in [1.165, 1.54) is 44.5 Å². The molecule has 8 heteroatoms. The molecule has 0 spiro atoms. The zero-order valence-electron chi connectivity index (χ0n) is 20.7. The summed E-state index contributed by atoms with van der Waals surface area (Å²) in [6.45, 7) is 8.08. The quantitative estimate of drug-likeness (QED) is 0.683. The van der Waals surface area contributed by atoms with Gasteiger partial charge in [-0.25, -0.2) is 0 Å². The largest absolute Gasteiger partial charge is 0.369 e. The van der Waals surface area contributed by atoms with E-state index in [2.05, 4.69) is 64.5 Å². The third kappa shape index (κ3) is 5.50. The molecule has 1 saturated carbocycles. The van der Waals surface area contributed by atoms with E-state index < -0.39 is 0 Å². The van der Waals surface area contributed by atoms with E-state index in [0.717, 1.165) is 19.6 Å². The van der Waals surface area contributed by atoms with Gasteiger partial charge in [-0.05, 0) is 45.0 Å². The minimum Gasteiger partial charge on any atom is -0.369 e. The Bertz CT molecular complexity index is 963. The van der Waals surface area contributed by atoms with E-state index in [-0.39, 0.29) is 11.4 Å². The Labute approximate surface area is 202 Å². The van der Waals surface area contributed by atoms with Crippen molar-refractivity contribution in [2.24, 2.45) is 0 Å². The second kappa shape index (κ2) is 10.7. The van der Waals surface area contributed by atoms with Gasteiger partial charge in [-0.3, -0.25) is 14.3 Å². The van der Waals surface area contributed by atoms with Crippen LogP contribution in [-0.4, -0.2) is 90.2 Å². The number of nitrogens with zero attached hydrogens (tertiary/aromatic N) is 5. The van der Waals surface area contributed by atoms with Crippen LogP contribution >= 0.6 is 0 Å². The molecule has 1 N–H and O–H groups in total. The fraction of sp³-hybridized carbons (Fsp3) is 0.577. The summed E-state index contributed by atoms with van der Waals surface area (Å²) in [5.74, 6) is -0.0717. The Morgan fingerprint density at radius 1 is 1.09 bits per heavy atom. The molecule has 34 heavy (non-hydrogen) atoms. The van der Waals surface area contributed by atoms with E-state index >= 15 is 0 Å². The molecule has 1 saturated heterocycles. The van der Waals surface area contributed by atoms with Crippen LogP contribution in [0.25, 0.3) is 0 Å². The Balaban J connectivity index is 0.000000180. The van der Waals surface area contributed by atoms with Crippen LogP contribution in [0.5, 0.6) is 0 Å². The lowest BCUT2D eigenvalue weighted by atomic mass is 9.96. The number of benzene rings is 1. The summed E-state index contributed by atoms with van der Waals surface area (Å²) in [6, 6.07) is 12.8. The minimum absolute atomic E-state index is 0.0717. The number of carbonyl (C=O) groups is 2. The highest BCUT2D eigenvalue weighted by atomic mass is 16.2. The van der Waals surface area contributed by atoms with Crippen molar-refractivity contribution in [2.75, 3.05) is 51.7 Å². The lowest BCUT2D eigenvalue weighted by Gasteiger charge is -2.43. The first-order valence-electron chi connectivity index (χ1n) is 12.4. The predicted octanol–water partition coefficient (Wildman–Crippen LogP) is 2.51. The van der Waals surface area contributed by atoms with Crippen LogP contribution in [0.4, 0.5) is 5.69 Å². The van der Waals surface area contributed by atoms with Crippen LogP contribution in [-0.2, 0) is 6.54 Å². The van der Waals surface area contributed by atoms with Crippen molar-refractivity contribution in [3.8, 4) is 0 Å². The molecule has 3 aliphatic rings. The van der Waals surface area contributed by atoms with Gasteiger partial charge in [0.2, 0.25) is 0 Å². The summed E-state index contributed by atoms with van der Waals surface area (Å²) >= 11 is 0. The number of likely N-dealkylation sites (N-methyl/N-ethyl adjacent to an activating group) is 2. The first-order chi connectivity index (χ1) is 16.4. The molecule has 0 bridgehead atoms. The lowest BCUT2D eigenvalue weighted by molar-refractivity contribution is 0.0435. The van der Waals surface area contributed by atoms with Gasteiger partial charge in [0.05, 0.1) is 12.1 Å². The number of fused-ring (bicyclic) bond motifs is 1. The Kier molecular flexibility index (Phi) is 7.68. The lowest BCUT2D eigenvalue weighted by Crippen LogP contribution is -2.60. The third-order valence-corrected chi connectivity index (χ3v) is 7.49. The second-order valence-electron chi connectivity index (χ2n) is 10.1. The van der Waals surface area contributed by atoms with Crippen LogP contribution in [0, 0.1) is 0 Å². The van der Waals surface area contributed by atoms with E-state index in [0.29, 0.717) is 30.3 Å². The number of piperazine rings is 1. The van der Waals surface area contributed by atoms with Crippen molar-refractivity contribution in [3.63, 3.8) is 0 Å². The van der Waals surface area contributed by atoms with Crippen LogP contribution in [0.15, 0.2) is 36.4 Å². The van der Waals surface area contributed by atoms with Crippen LogP contribution in [0.3, 0.4) is 0 Å². The fourth-order valence-corrected chi connectivity index (χ4v) is 5.00. The standard InChI is InChI=1S/C15H22N4O2.C11H16N2/c1-15(9-16-11-5-3-4-6-11)10-19-13(14(21)18(15)2)7-12(8-20)17-19;1-12-7-9-13(10-8-12)11-5-3-2-4-6-11/h7-8,11,16H,3-6,9-10H2,1-2H3;2-6H,7-10H2,1H3. The highest BCUT2D eigenvalue weighted by molar-refractivity contribution is 5.95. The molecule has 2 aromatic rings. The summed E-state index contributed by atoms with van der Waals surface area (Å²) in [5.41, 5.74) is 1.85. The Morgan fingerprint density at radius 2 is 1.76 bits per heavy atom. The maximum absolute atomic E-state index is 12.5. The van der Waals surface area contributed by atoms with Gasteiger partial charge in [0.1, 0.15) is 11.4 Å². The first-order valence-corrected chi connectivity index (χ1v) is 12.4. The molecule has 1 aromatic carbocycles. The summed E-state index contributed by atoms with van der Waals surface area (Å²) < 4.78 is 1.67. The summed E-state index contributed by atoms with van der Waals surface area (Å²) in [5, 5.41) is 7.79. The molecule has 2 aliphatic heterocycles. The molecule has 3 heterocycles. The molecular formula is C26H38N6O2. The molecule has 8 nitrogen and oxygen atoms in total. The first kappa shape index (κ1) is 24.4. The van der Waals surface area contributed by atoms with Gasteiger partial charge < -0.3 is 20.0 Å². The Hall–Kier alpha value is -2.71. The zero-order valence-corrected chi connectivity index (χ0v) is 20.7. The molecule has 1 amide bonds. The van der Waals surface area contributed by atoms with Crippen molar-refractivity contribution in [1.82, 2.24) is 24.9 Å². The zero-order chi connectivity index (χ0) is 24.1. The summed E-state index contributed by atoms with van der Waals surface area (Å²) in [6.07, 6.45) is 5.70. The molecule has 1 aromatic heterocycles. The fourth-order valence-electron chi connectivity index (χ4n) is 5.00. The molecule has 1 aliphatic carbocycles. The van der Waals surface area contributed by atoms with Crippen molar-refractivity contribution < 1.29 is 9.59 Å². The number of anilines is 1. The van der Waals surface area contributed by atoms with Gasteiger partial charge >= 0.3 is 0 Å². The van der Waals surface area contributed by atoms with Gasteiger partial charge in [0.15, 0.2) is 6.29 Å². The highest BCUT2D eigenvalue weighted by Crippen LogP contribution is 2.26. The maximum atomic E-state index is 12.5. The highest BCUT2D eigenvalue weighted by Gasteiger charge is 2.40. The summed E-state index contributed by atoms with van der Waals surface area (Å²) in [7, 11) is 4.01. The number of hydrogen-bond acceptors (Lipinski definition) is 6. The number of amides is 1. The number of nitrogens with one attached hydrogen (secondary N) is 1. The number of aldehydes is 1. The van der Waals surface area contributed by atoms with Crippen molar-refractivity contribution >= 4 is 17.9 Å². The van der Waals surface area contributed by atoms with Crippen LogP contribution in [0.1, 0.15) is 53.6 Å². The topological polar surface area (TPSA) is 73.7 Å². The van der Waals surface area contributed by atoms with Gasteiger partial charge in [-0.15, -0.1) is 0 Å². The third-order valence-electron chi connectivity index (χ3n) is 7.49. The number of carbonyl (C=O) groups excluding carboxylic acids is 2. The molecule has 2 fully saturated rings. The number of hydrogen-bond donors (Lipinski definition) is 1. The molecule has 1 atom stereocenters. The molecular weight excluding hydrogens is 428 g/mol. The smallest absolute Gasteiger partial charge is 0.272 e. The normalized spacial score (nSPS) is 23.4. The van der Waals surface area contributed by atoms with E-state index in [1.54, 1.807) is 15.6 Å². The SMILES string of the molecule is CN1C(=O)c2cc(C=O)nn2CC1(C)CNC1CCCC1.CN1CCN(c2ccccc2)CC1. The molecule has 1 unspecified atom stereocenters. The number of rotatable bonds is 5. The van der Waals surface area contributed by atoms with E-state index in [1.807, 2.05) is 7.05 Å². The number of para-hydroxylation sites is 1. The van der Waals surface area contributed by atoms with Gasteiger partial charge in [-0.2, -0.15) is 5.10 Å². The molecule has 5 rings (SSSR count). The van der Waals surface area contributed by atoms with E-state index in [4.69, 9.17) is 0 Å². The molecule has 184 valence electrons. The van der Waals surface area contributed by atoms with Crippen molar-refractivity contribution in [3.05, 3.63) is 47.8 Å². The maximum Gasteiger partial charge on any atom is 0.272 e. The van der Waals surface area contributed by atoms with Crippen LogP contribution in [0.2, 0.25) is 0 Å². The Morgan fingerprint density at radius 3 is 2.41 bits per heavy atom.